The van der Waals surface area contributed by atoms with Gasteiger partial charge in [-0.15, -0.1) is 0 Å². The number of carbonyl (C=O) groups is 2. The number of nitrogens with zero attached hydrogens (tertiary/aromatic N) is 2. The maximum atomic E-state index is 13.3. The molecule has 0 atom stereocenters. The SMILES string of the molecule is CNc1nc(-c2cccc(C(F)(F)F)c2)nc2cc(NC(=O)c3cc(CNC(=O)C(C)(C)CO)ccc3Cl)ccc12. The summed E-state index contributed by atoms with van der Waals surface area (Å²) in [6.07, 6.45) is -4.52. The molecule has 1 aromatic heterocycles. The molecule has 4 N–H and O–H groups in total. The first-order valence-corrected chi connectivity index (χ1v) is 12.9. The molecule has 41 heavy (non-hydrogen) atoms. The van der Waals surface area contributed by atoms with Crippen LogP contribution < -0.4 is 16.0 Å². The number of benzene rings is 3. The third-order valence-electron chi connectivity index (χ3n) is 6.38. The average Bonchev–Trinajstić information content (AvgIpc) is 2.95. The van der Waals surface area contributed by atoms with Gasteiger partial charge in [-0.2, -0.15) is 13.2 Å². The van der Waals surface area contributed by atoms with Crippen molar-refractivity contribution in [2.24, 2.45) is 5.41 Å². The Labute approximate surface area is 239 Å². The Morgan fingerprint density at radius 3 is 2.44 bits per heavy atom. The van der Waals surface area contributed by atoms with Crippen LogP contribution in [0.4, 0.5) is 24.7 Å². The van der Waals surface area contributed by atoms with E-state index >= 15 is 0 Å². The highest BCUT2D eigenvalue weighted by atomic mass is 35.5. The second-order valence-electron chi connectivity index (χ2n) is 9.95. The van der Waals surface area contributed by atoms with E-state index in [-0.39, 0.29) is 41.0 Å². The Hall–Kier alpha value is -4.22. The third-order valence-corrected chi connectivity index (χ3v) is 6.71. The molecule has 0 spiro atoms. The molecule has 214 valence electrons. The highest BCUT2D eigenvalue weighted by Crippen LogP contribution is 2.33. The standard InChI is InChI=1S/C29H27ClF3N5O3/c1-28(2,15-39)27(41)35-14-16-7-10-22(30)21(11-16)26(40)36-19-8-9-20-23(13-19)37-24(38-25(20)34-3)17-5-4-6-18(12-17)29(31,32)33/h4-13,39H,14-15H2,1-3H3,(H,35,41)(H,36,40)(H,34,37,38). The monoisotopic (exact) mass is 585 g/mol. The first-order valence-electron chi connectivity index (χ1n) is 12.5. The van der Waals surface area contributed by atoms with Gasteiger partial charge in [0.05, 0.1) is 33.7 Å². The fourth-order valence-electron chi connectivity index (χ4n) is 3.91. The predicted octanol–water partition coefficient (Wildman–Crippen LogP) is 5.90. The number of nitrogens with one attached hydrogen (secondary N) is 3. The third kappa shape index (κ3) is 6.75. The summed E-state index contributed by atoms with van der Waals surface area (Å²) in [6.45, 7) is 3.03. The van der Waals surface area contributed by atoms with Crippen molar-refractivity contribution in [3.63, 3.8) is 0 Å². The minimum Gasteiger partial charge on any atom is -0.395 e. The largest absolute Gasteiger partial charge is 0.416 e. The molecule has 0 unspecified atom stereocenters. The summed E-state index contributed by atoms with van der Waals surface area (Å²) in [5, 5.41) is 18.6. The maximum absolute atomic E-state index is 13.3. The lowest BCUT2D eigenvalue weighted by Crippen LogP contribution is -2.38. The summed E-state index contributed by atoms with van der Waals surface area (Å²) in [5.74, 6) is -0.371. The smallest absolute Gasteiger partial charge is 0.395 e. The summed E-state index contributed by atoms with van der Waals surface area (Å²) >= 11 is 6.29. The molecule has 0 aliphatic heterocycles. The molecule has 0 fully saturated rings. The molecular formula is C29H27ClF3N5O3. The quantitative estimate of drug-likeness (QED) is 0.205. The van der Waals surface area contributed by atoms with Crippen molar-refractivity contribution in [1.82, 2.24) is 15.3 Å². The van der Waals surface area contributed by atoms with Crippen molar-refractivity contribution in [1.29, 1.82) is 0 Å². The van der Waals surface area contributed by atoms with Crippen molar-refractivity contribution in [2.45, 2.75) is 26.6 Å². The Kier molecular flexibility index (Phi) is 8.50. The number of aliphatic hydroxyl groups is 1. The fraction of sp³-hybridized carbons (Fsp3) is 0.241. The van der Waals surface area contributed by atoms with E-state index in [9.17, 15) is 27.9 Å². The molecule has 0 radical (unpaired) electrons. The topological polar surface area (TPSA) is 116 Å². The normalized spacial score (nSPS) is 11.8. The van der Waals surface area contributed by atoms with Crippen molar-refractivity contribution >= 4 is 45.8 Å². The number of halogens is 4. The van der Waals surface area contributed by atoms with Crippen LogP contribution in [0.5, 0.6) is 0 Å². The van der Waals surface area contributed by atoms with Gasteiger partial charge in [-0.05, 0) is 61.9 Å². The van der Waals surface area contributed by atoms with E-state index in [2.05, 4.69) is 25.9 Å². The number of hydrogen-bond acceptors (Lipinski definition) is 6. The summed E-state index contributed by atoms with van der Waals surface area (Å²) in [5.41, 5.74) is -0.0329. The molecule has 2 amide bonds. The molecule has 0 saturated carbocycles. The number of alkyl halides is 3. The summed E-state index contributed by atoms with van der Waals surface area (Å²) in [4.78, 5) is 34.3. The van der Waals surface area contributed by atoms with Gasteiger partial charge in [-0.25, -0.2) is 9.97 Å². The van der Waals surface area contributed by atoms with Gasteiger partial charge in [0.2, 0.25) is 5.91 Å². The Bertz CT molecular complexity index is 1630. The van der Waals surface area contributed by atoms with Gasteiger partial charge in [0.25, 0.3) is 5.91 Å². The van der Waals surface area contributed by atoms with Gasteiger partial charge in [0.15, 0.2) is 5.82 Å². The lowest BCUT2D eigenvalue weighted by Gasteiger charge is -2.20. The second-order valence-corrected chi connectivity index (χ2v) is 10.4. The minimum absolute atomic E-state index is 0.0820. The second kappa shape index (κ2) is 11.7. The first kappa shape index (κ1) is 29.8. The molecule has 0 aliphatic carbocycles. The number of aliphatic hydroxyl groups excluding tert-OH is 1. The van der Waals surface area contributed by atoms with E-state index in [4.69, 9.17) is 11.6 Å². The average molecular weight is 586 g/mol. The fourth-order valence-corrected chi connectivity index (χ4v) is 4.11. The summed E-state index contributed by atoms with van der Waals surface area (Å²) < 4.78 is 39.8. The predicted molar refractivity (Wildman–Crippen MR) is 152 cm³/mol. The van der Waals surface area contributed by atoms with Crippen LogP contribution in [0.1, 0.15) is 35.3 Å². The number of rotatable bonds is 8. The van der Waals surface area contributed by atoms with Crippen molar-refractivity contribution in [3.8, 4) is 11.4 Å². The van der Waals surface area contributed by atoms with E-state index in [0.29, 0.717) is 28.0 Å². The number of hydrogen-bond donors (Lipinski definition) is 4. The first-order chi connectivity index (χ1) is 19.3. The van der Waals surface area contributed by atoms with E-state index in [1.165, 1.54) is 12.1 Å². The van der Waals surface area contributed by atoms with Crippen LogP contribution in [-0.2, 0) is 17.5 Å². The lowest BCUT2D eigenvalue weighted by molar-refractivity contribution is -0.137. The van der Waals surface area contributed by atoms with Gasteiger partial charge in [-0.3, -0.25) is 9.59 Å². The Balaban J connectivity index is 1.61. The molecule has 0 aliphatic rings. The maximum Gasteiger partial charge on any atom is 0.416 e. The molecule has 0 saturated heterocycles. The van der Waals surface area contributed by atoms with Crippen LogP contribution in [0.15, 0.2) is 60.7 Å². The Morgan fingerprint density at radius 2 is 1.76 bits per heavy atom. The summed E-state index contributed by atoms with van der Waals surface area (Å²) in [6, 6.07) is 14.4. The van der Waals surface area contributed by atoms with Crippen molar-refractivity contribution < 1.29 is 27.9 Å². The van der Waals surface area contributed by atoms with Gasteiger partial charge in [0.1, 0.15) is 5.82 Å². The molecule has 1 heterocycles. The molecule has 3 aromatic carbocycles. The zero-order chi connectivity index (χ0) is 29.9. The molecule has 8 nitrogen and oxygen atoms in total. The van der Waals surface area contributed by atoms with Crippen LogP contribution >= 0.6 is 11.6 Å². The van der Waals surface area contributed by atoms with Crippen LogP contribution in [0.3, 0.4) is 0 Å². The minimum atomic E-state index is -4.52. The number of anilines is 2. The lowest BCUT2D eigenvalue weighted by atomic mass is 9.93. The highest BCUT2D eigenvalue weighted by molar-refractivity contribution is 6.34. The van der Waals surface area contributed by atoms with Crippen LogP contribution in [-0.4, -0.2) is 40.5 Å². The van der Waals surface area contributed by atoms with Gasteiger partial charge < -0.3 is 21.1 Å². The van der Waals surface area contributed by atoms with E-state index in [0.717, 1.165) is 12.1 Å². The number of carbonyl (C=O) groups excluding carboxylic acids is 2. The van der Waals surface area contributed by atoms with Crippen LogP contribution in [0.25, 0.3) is 22.3 Å². The summed E-state index contributed by atoms with van der Waals surface area (Å²) in [7, 11) is 1.63. The van der Waals surface area contributed by atoms with Crippen molar-refractivity contribution in [3.05, 3.63) is 82.4 Å². The highest BCUT2D eigenvalue weighted by Gasteiger charge is 2.31. The zero-order valence-corrected chi connectivity index (χ0v) is 23.1. The van der Waals surface area contributed by atoms with Gasteiger partial charge in [0, 0.05) is 30.2 Å². The van der Waals surface area contributed by atoms with Gasteiger partial charge >= 0.3 is 6.18 Å². The van der Waals surface area contributed by atoms with E-state index in [1.807, 2.05) is 0 Å². The Morgan fingerprint density at radius 1 is 1.00 bits per heavy atom. The molecule has 4 aromatic rings. The van der Waals surface area contributed by atoms with Crippen LogP contribution in [0.2, 0.25) is 5.02 Å². The molecule has 12 heteroatoms. The zero-order valence-electron chi connectivity index (χ0n) is 22.4. The van der Waals surface area contributed by atoms with E-state index in [1.54, 1.807) is 57.3 Å². The van der Waals surface area contributed by atoms with Crippen LogP contribution in [0, 0.1) is 5.41 Å². The van der Waals surface area contributed by atoms with Gasteiger partial charge in [-0.1, -0.05) is 29.8 Å². The molecular weight excluding hydrogens is 559 g/mol. The van der Waals surface area contributed by atoms with E-state index < -0.39 is 23.1 Å². The number of aromatic nitrogens is 2. The number of amides is 2. The molecule has 4 rings (SSSR count). The van der Waals surface area contributed by atoms with Crippen molar-refractivity contribution in [2.75, 3.05) is 24.3 Å². The molecule has 0 bridgehead atoms. The number of fused-ring (bicyclic) bond motifs is 1.